The molecule has 2 aromatic heterocycles. The highest BCUT2D eigenvalue weighted by Gasteiger charge is 2.11. The highest BCUT2D eigenvalue weighted by Crippen LogP contribution is 2.25. The lowest BCUT2D eigenvalue weighted by Gasteiger charge is -2.04. The quantitative estimate of drug-likeness (QED) is 0.383. The molecule has 26 heavy (non-hydrogen) atoms. The molecule has 0 aliphatic carbocycles. The summed E-state index contributed by atoms with van der Waals surface area (Å²) in [6.45, 7) is 0. The summed E-state index contributed by atoms with van der Waals surface area (Å²) in [5, 5.41) is 7.38. The number of amides is 1. The van der Waals surface area contributed by atoms with E-state index >= 15 is 0 Å². The number of thioether (sulfide) groups is 1. The Hall–Kier alpha value is -2.14. The second kappa shape index (κ2) is 7.62. The van der Waals surface area contributed by atoms with Crippen LogP contribution in [0.25, 0.3) is 16.7 Å². The number of nitrogens with zero attached hydrogens (tertiary/aromatic N) is 4. The summed E-state index contributed by atoms with van der Waals surface area (Å²) in [6.07, 6.45) is 0. The molecular weight excluding hydrogens is 406 g/mol. The highest BCUT2D eigenvalue weighted by atomic mass is 32.2. The summed E-state index contributed by atoms with van der Waals surface area (Å²) in [6, 6.07) is 15.2. The molecule has 130 valence electrons. The van der Waals surface area contributed by atoms with Gasteiger partial charge in [-0.3, -0.25) is 4.79 Å². The lowest BCUT2D eigenvalue weighted by atomic mass is 10.2. The number of rotatable bonds is 5. The van der Waals surface area contributed by atoms with Gasteiger partial charge in [-0.25, -0.2) is 4.68 Å². The number of nitrogens with one attached hydrogen (secondary N) is 1. The van der Waals surface area contributed by atoms with Gasteiger partial charge < -0.3 is 5.32 Å². The summed E-state index contributed by atoms with van der Waals surface area (Å²) >= 11 is 9.25. The maximum absolute atomic E-state index is 12.3. The Morgan fingerprint density at radius 2 is 2.00 bits per heavy atom. The van der Waals surface area contributed by atoms with Crippen LogP contribution in [-0.4, -0.2) is 30.2 Å². The van der Waals surface area contributed by atoms with Crippen LogP contribution in [0.3, 0.4) is 0 Å². The van der Waals surface area contributed by atoms with Crippen LogP contribution in [0.15, 0.2) is 52.9 Å². The topological polar surface area (TPSA) is 72.7 Å². The zero-order chi connectivity index (χ0) is 17.9. The maximum atomic E-state index is 12.3. The molecule has 0 bridgehead atoms. The zero-order valence-corrected chi connectivity index (χ0v) is 16.4. The molecular formula is C16H11N5OS4. The summed E-state index contributed by atoms with van der Waals surface area (Å²) in [4.78, 5) is 12.3. The second-order valence-electron chi connectivity index (χ2n) is 5.16. The summed E-state index contributed by atoms with van der Waals surface area (Å²) < 4.78 is 11.5. The van der Waals surface area contributed by atoms with Crippen LogP contribution < -0.4 is 5.32 Å². The first-order valence-corrected chi connectivity index (χ1v) is 10.4. The fraction of sp³-hybridized carbons (Fsp3) is 0.0625. The molecule has 0 aliphatic heterocycles. The molecule has 0 unspecified atom stereocenters. The van der Waals surface area contributed by atoms with Crippen molar-refractivity contribution in [1.29, 1.82) is 0 Å². The SMILES string of the molecule is O=C(CSc1nn(-c2ccccc2)c(=S)s1)Nc1cccc2nsnc12. The van der Waals surface area contributed by atoms with Crippen molar-refractivity contribution >= 4 is 69.7 Å². The highest BCUT2D eigenvalue weighted by molar-refractivity contribution is 8.01. The van der Waals surface area contributed by atoms with Gasteiger partial charge in [0.1, 0.15) is 11.0 Å². The van der Waals surface area contributed by atoms with Gasteiger partial charge in [-0.05, 0) is 36.5 Å². The number of aromatic nitrogens is 4. The first-order chi connectivity index (χ1) is 12.7. The Morgan fingerprint density at radius 1 is 1.15 bits per heavy atom. The first kappa shape index (κ1) is 17.3. The fourth-order valence-corrected chi connectivity index (χ4v) is 4.98. The molecule has 10 heteroatoms. The van der Waals surface area contributed by atoms with Crippen molar-refractivity contribution < 1.29 is 4.79 Å². The Balaban J connectivity index is 1.44. The van der Waals surface area contributed by atoms with Gasteiger partial charge in [0.05, 0.1) is 28.9 Å². The molecule has 4 rings (SSSR count). The van der Waals surface area contributed by atoms with Gasteiger partial charge in [0.2, 0.25) is 5.91 Å². The van der Waals surface area contributed by atoms with Crippen LogP contribution in [0.5, 0.6) is 0 Å². The molecule has 0 fully saturated rings. The first-order valence-electron chi connectivity index (χ1n) is 7.50. The largest absolute Gasteiger partial charge is 0.323 e. The molecule has 2 heterocycles. The zero-order valence-electron chi connectivity index (χ0n) is 13.2. The van der Waals surface area contributed by atoms with Crippen molar-refractivity contribution in [3.63, 3.8) is 0 Å². The third kappa shape index (κ3) is 3.68. The predicted molar refractivity (Wildman–Crippen MR) is 109 cm³/mol. The average molecular weight is 418 g/mol. The van der Waals surface area contributed by atoms with E-state index in [1.54, 1.807) is 4.68 Å². The van der Waals surface area contributed by atoms with Crippen molar-refractivity contribution in [3.8, 4) is 5.69 Å². The van der Waals surface area contributed by atoms with E-state index < -0.39 is 0 Å². The number of benzene rings is 2. The molecule has 0 saturated heterocycles. The molecule has 0 saturated carbocycles. The predicted octanol–water partition coefficient (Wildman–Crippen LogP) is 4.40. The van der Waals surface area contributed by atoms with Crippen LogP contribution in [0.1, 0.15) is 0 Å². The Labute approximate surface area is 166 Å². The van der Waals surface area contributed by atoms with Gasteiger partial charge >= 0.3 is 0 Å². The Kier molecular flexibility index (Phi) is 5.07. The third-order valence-corrected chi connectivity index (χ3v) is 6.32. The number of fused-ring (bicyclic) bond motifs is 1. The van der Waals surface area contributed by atoms with Crippen molar-refractivity contribution in [1.82, 2.24) is 18.5 Å². The van der Waals surface area contributed by atoms with E-state index in [4.69, 9.17) is 12.2 Å². The molecule has 1 N–H and O–H groups in total. The third-order valence-electron chi connectivity index (χ3n) is 3.42. The maximum Gasteiger partial charge on any atom is 0.234 e. The van der Waals surface area contributed by atoms with Crippen LogP contribution in [0, 0.1) is 3.95 Å². The van der Waals surface area contributed by atoms with E-state index in [1.807, 2.05) is 48.5 Å². The molecule has 0 radical (unpaired) electrons. The number of carbonyl (C=O) groups excluding carboxylic acids is 1. The molecule has 4 aromatic rings. The minimum absolute atomic E-state index is 0.122. The Bertz CT molecular complexity index is 1120. The number of hydrogen-bond acceptors (Lipinski definition) is 8. The van der Waals surface area contributed by atoms with Crippen molar-refractivity contribution in [2.45, 2.75) is 4.34 Å². The van der Waals surface area contributed by atoms with Crippen LogP contribution in [-0.2, 0) is 4.79 Å². The summed E-state index contributed by atoms with van der Waals surface area (Å²) in [7, 11) is 0. The molecule has 0 atom stereocenters. The van der Waals surface area contributed by atoms with E-state index in [1.165, 1.54) is 23.1 Å². The monoisotopic (exact) mass is 417 g/mol. The normalized spacial score (nSPS) is 10.9. The van der Waals surface area contributed by atoms with Gasteiger partial charge in [-0.15, -0.1) is 5.10 Å². The minimum Gasteiger partial charge on any atom is -0.323 e. The fourth-order valence-electron chi connectivity index (χ4n) is 2.27. The summed E-state index contributed by atoms with van der Waals surface area (Å²) in [5.41, 5.74) is 3.07. The molecule has 2 aromatic carbocycles. The van der Waals surface area contributed by atoms with Gasteiger partial charge in [0.15, 0.2) is 8.29 Å². The van der Waals surface area contributed by atoms with E-state index in [-0.39, 0.29) is 11.7 Å². The second-order valence-corrected chi connectivity index (χ2v) is 8.53. The molecule has 6 nitrogen and oxygen atoms in total. The van der Waals surface area contributed by atoms with E-state index in [0.717, 1.165) is 27.3 Å². The standard InChI is InChI=1S/C16H11N5OS4/c22-13(17-11-7-4-8-12-14(11)20-26-19-12)9-24-15-18-21(16(23)25-15)10-5-2-1-3-6-10/h1-8H,9H2,(H,17,22). The minimum atomic E-state index is -0.122. The van der Waals surface area contributed by atoms with Crippen LogP contribution in [0.2, 0.25) is 0 Å². The number of carbonyl (C=O) groups is 1. The van der Waals surface area contributed by atoms with Gasteiger partial charge in [-0.2, -0.15) is 8.75 Å². The van der Waals surface area contributed by atoms with E-state index in [2.05, 4.69) is 19.2 Å². The van der Waals surface area contributed by atoms with Crippen molar-refractivity contribution in [2.24, 2.45) is 0 Å². The number of hydrogen-bond donors (Lipinski definition) is 1. The molecule has 0 spiro atoms. The van der Waals surface area contributed by atoms with Gasteiger partial charge in [-0.1, -0.05) is 47.4 Å². The summed E-state index contributed by atoms with van der Waals surface area (Å²) in [5.74, 6) is 0.119. The van der Waals surface area contributed by atoms with Gasteiger partial charge in [0, 0.05) is 0 Å². The molecule has 0 aliphatic rings. The van der Waals surface area contributed by atoms with Crippen molar-refractivity contribution in [3.05, 3.63) is 52.5 Å². The van der Waals surface area contributed by atoms with E-state index in [9.17, 15) is 4.79 Å². The number of anilines is 1. The lowest BCUT2D eigenvalue weighted by Crippen LogP contribution is -2.14. The van der Waals surface area contributed by atoms with Crippen molar-refractivity contribution in [2.75, 3.05) is 11.1 Å². The van der Waals surface area contributed by atoms with Crippen LogP contribution >= 0.6 is 47.0 Å². The smallest absolute Gasteiger partial charge is 0.234 e. The average Bonchev–Trinajstić information content (AvgIpc) is 3.28. The molecule has 1 amide bonds. The van der Waals surface area contributed by atoms with Gasteiger partial charge in [0.25, 0.3) is 0 Å². The van der Waals surface area contributed by atoms with Crippen LogP contribution in [0.4, 0.5) is 5.69 Å². The lowest BCUT2D eigenvalue weighted by molar-refractivity contribution is -0.113. The number of para-hydroxylation sites is 1. The Morgan fingerprint density at radius 3 is 2.85 bits per heavy atom. The van der Waals surface area contributed by atoms with E-state index in [0.29, 0.717) is 15.2 Å².